The van der Waals surface area contributed by atoms with Crippen molar-refractivity contribution in [2.75, 3.05) is 50.4 Å². The van der Waals surface area contributed by atoms with Crippen molar-refractivity contribution < 1.29 is 9.59 Å². The smallest absolute Gasteiger partial charge is 0.238 e. The van der Waals surface area contributed by atoms with Crippen molar-refractivity contribution in [2.45, 2.75) is 43.4 Å². The molecule has 0 bridgehead atoms. The Hall–Kier alpha value is -2.35. The van der Waals surface area contributed by atoms with E-state index >= 15 is 0 Å². The molecule has 1 saturated carbocycles. The van der Waals surface area contributed by atoms with E-state index in [1.54, 1.807) is 11.8 Å². The number of carbonyl (C=O) groups is 2. The molecule has 1 aliphatic carbocycles. The summed E-state index contributed by atoms with van der Waals surface area (Å²) in [6, 6.07) is 18.3. The van der Waals surface area contributed by atoms with Crippen LogP contribution in [0.5, 0.6) is 0 Å². The van der Waals surface area contributed by atoms with Gasteiger partial charge in [0.1, 0.15) is 0 Å². The molecule has 1 saturated heterocycles. The normalized spacial score (nSPS) is 17.7. The summed E-state index contributed by atoms with van der Waals surface area (Å²) in [5.41, 5.74) is 5.10. The second-order valence-electron chi connectivity index (χ2n) is 9.55. The van der Waals surface area contributed by atoms with Crippen molar-refractivity contribution >= 4 is 29.3 Å². The number of para-hydroxylation sites is 1. The van der Waals surface area contributed by atoms with E-state index in [2.05, 4.69) is 28.7 Å². The summed E-state index contributed by atoms with van der Waals surface area (Å²) in [6.07, 6.45) is 8.05. The SMILES string of the molecule is CSc1ccc(CC(=O)NN2CCN(CCN(C(=O)C3CCCCC3)c3ccccc3)CC2)cc1. The van der Waals surface area contributed by atoms with Crippen LogP contribution in [0.25, 0.3) is 0 Å². The Bertz CT molecular complexity index is 939. The maximum absolute atomic E-state index is 13.4. The predicted octanol–water partition coefficient (Wildman–Crippen LogP) is 4.21. The molecule has 0 spiro atoms. The number of hydrogen-bond acceptors (Lipinski definition) is 5. The van der Waals surface area contributed by atoms with Crippen LogP contribution < -0.4 is 10.3 Å². The van der Waals surface area contributed by atoms with Crippen LogP contribution in [-0.2, 0) is 16.0 Å². The van der Waals surface area contributed by atoms with Gasteiger partial charge >= 0.3 is 0 Å². The second kappa shape index (κ2) is 13.1. The van der Waals surface area contributed by atoms with E-state index < -0.39 is 0 Å². The maximum Gasteiger partial charge on any atom is 0.238 e. The Kier molecular flexibility index (Phi) is 9.63. The molecule has 2 aromatic carbocycles. The largest absolute Gasteiger partial charge is 0.311 e. The quantitative estimate of drug-likeness (QED) is 0.529. The molecule has 2 amide bonds. The molecule has 188 valence electrons. The second-order valence-corrected chi connectivity index (χ2v) is 10.4. The molecule has 2 aromatic rings. The molecule has 1 aliphatic heterocycles. The van der Waals surface area contributed by atoms with E-state index in [0.29, 0.717) is 13.0 Å². The van der Waals surface area contributed by atoms with Crippen molar-refractivity contribution in [1.82, 2.24) is 15.3 Å². The third-order valence-corrected chi connectivity index (χ3v) is 7.85. The van der Waals surface area contributed by atoms with Crippen molar-refractivity contribution in [1.29, 1.82) is 0 Å². The summed E-state index contributed by atoms with van der Waals surface area (Å²) >= 11 is 1.70. The number of thioether (sulfide) groups is 1. The van der Waals surface area contributed by atoms with Gasteiger partial charge in [-0.15, -0.1) is 11.8 Å². The Morgan fingerprint density at radius 3 is 2.29 bits per heavy atom. The highest BCUT2D eigenvalue weighted by Crippen LogP contribution is 2.27. The minimum absolute atomic E-state index is 0.0312. The molecule has 0 aromatic heterocycles. The summed E-state index contributed by atoms with van der Waals surface area (Å²) in [5, 5.41) is 2.03. The van der Waals surface area contributed by atoms with Crippen LogP contribution in [0, 0.1) is 5.92 Å². The highest BCUT2D eigenvalue weighted by atomic mass is 32.2. The number of benzene rings is 2. The average molecular weight is 495 g/mol. The first-order valence-corrected chi connectivity index (χ1v) is 14.1. The summed E-state index contributed by atoms with van der Waals surface area (Å²) in [5.74, 6) is 0.476. The summed E-state index contributed by atoms with van der Waals surface area (Å²) in [6.45, 7) is 4.89. The van der Waals surface area contributed by atoms with Gasteiger partial charge in [-0.05, 0) is 48.9 Å². The van der Waals surface area contributed by atoms with Gasteiger partial charge in [-0.25, -0.2) is 5.01 Å². The summed E-state index contributed by atoms with van der Waals surface area (Å²) in [4.78, 5) is 31.5. The first-order valence-electron chi connectivity index (χ1n) is 12.9. The highest BCUT2D eigenvalue weighted by Gasteiger charge is 2.27. The molecule has 4 rings (SSSR count). The van der Waals surface area contributed by atoms with Crippen LogP contribution in [0.15, 0.2) is 59.5 Å². The minimum atomic E-state index is 0.0312. The molecule has 35 heavy (non-hydrogen) atoms. The van der Waals surface area contributed by atoms with Gasteiger partial charge in [0.15, 0.2) is 0 Å². The first kappa shape index (κ1) is 25.7. The zero-order valence-electron chi connectivity index (χ0n) is 20.8. The van der Waals surface area contributed by atoms with Gasteiger partial charge in [0.25, 0.3) is 0 Å². The molecule has 1 heterocycles. The van der Waals surface area contributed by atoms with E-state index in [9.17, 15) is 9.59 Å². The summed E-state index contributed by atoms with van der Waals surface area (Å²) < 4.78 is 0. The molecule has 7 heteroatoms. The molecule has 0 atom stereocenters. The Labute approximate surface area is 214 Å². The van der Waals surface area contributed by atoms with Crippen LogP contribution in [0.4, 0.5) is 5.69 Å². The molecule has 2 fully saturated rings. The lowest BCUT2D eigenvalue weighted by Crippen LogP contribution is -2.55. The van der Waals surface area contributed by atoms with Crippen molar-refractivity contribution in [2.24, 2.45) is 5.92 Å². The van der Waals surface area contributed by atoms with Gasteiger partial charge in [0, 0.05) is 55.8 Å². The third kappa shape index (κ3) is 7.56. The fraction of sp³-hybridized carbons (Fsp3) is 0.500. The fourth-order valence-corrected chi connectivity index (χ4v) is 5.42. The Morgan fingerprint density at radius 1 is 0.943 bits per heavy atom. The molecular weight excluding hydrogens is 456 g/mol. The number of anilines is 1. The van der Waals surface area contributed by atoms with Gasteiger partial charge in [-0.3, -0.25) is 19.9 Å². The third-order valence-electron chi connectivity index (χ3n) is 7.11. The number of nitrogens with one attached hydrogen (secondary N) is 1. The van der Waals surface area contributed by atoms with E-state index in [0.717, 1.165) is 69.7 Å². The molecule has 1 N–H and O–H groups in total. The number of hydrazine groups is 1. The molecule has 6 nitrogen and oxygen atoms in total. The topological polar surface area (TPSA) is 55.9 Å². The molecular formula is C28H38N4O2S. The first-order chi connectivity index (χ1) is 17.1. The lowest BCUT2D eigenvalue weighted by atomic mass is 9.88. The van der Waals surface area contributed by atoms with Crippen LogP contribution in [0.1, 0.15) is 37.7 Å². The standard InChI is InChI=1S/C28H38N4O2S/c1-35-26-14-12-23(13-15-26)22-27(33)29-31-19-16-30(17-20-31)18-21-32(25-10-6-3-7-11-25)28(34)24-8-4-2-5-9-24/h3,6-7,10-15,24H,2,4-5,8-9,16-22H2,1H3,(H,29,33). The van der Waals surface area contributed by atoms with E-state index in [1.165, 1.54) is 11.3 Å². The van der Waals surface area contributed by atoms with Crippen LogP contribution in [0.2, 0.25) is 0 Å². The zero-order chi connectivity index (χ0) is 24.5. The van der Waals surface area contributed by atoms with Crippen molar-refractivity contribution in [3.63, 3.8) is 0 Å². The van der Waals surface area contributed by atoms with Crippen molar-refractivity contribution in [3.05, 3.63) is 60.2 Å². The van der Waals surface area contributed by atoms with E-state index in [4.69, 9.17) is 0 Å². The van der Waals surface area contributed by atoms with Gasteiger partial charge in [0.2, 0.25) is 11.8 Å². The number of piperazine rings is 1. The monoisotopic (exact) mass is 494 g/mol. The number of carbonyl (C=O) groups excluding carboxylic acids is 2. The number of rotatable bonds is 9. The lowest BCUT2D eigenvalue weighted by Gasteiger charge is -2.36. The van der Waals surface area contributed by atoms with Crippen LogP contribution in [0.3, 0.4) is 0 Å². The van der Waals surface area contributed by atoms with Crippen molar-refractivity contribution in [3.8, 4) is 0 Å². The predicted molar refractivity (Wildman–Crippen MR) is 143 cm³/mol. The molecule has 0 radical (unpaired) electrons. The summed E-state index contributed by atoms with van der Waals surface area (Å²) in [7, 11) is 0. The maximum atomic E-state index is 13.4. The van der Waals surface area contributed by atoms with Crippen LogP contribution in [-0.4, -0.2) is 67.2 Å². The lowest BCUT2D eigenvalue weighted by molar-refractivity contribution is -0.126. The van der Waals surface area contributed by atoms with Gasteiger partial charge in [0.05, 0.1) is 6.42 Å². The molecule has 0 unspecified atom stereocenters. The number of hydrogen-bond donors (Lipinski definition) is 1. The average Bonchev–Trinajstić information content (AvgIpc) is 2.91. The Morgan fingerprint density at radius 2 is 1.63 bits per heavy atom. The molecule has 2 aliphatic rings. The number of amides is 2. The van der Waals surface area contributed by atoms with Gasteiger partial charge in [-0.1, -0.05) is 49.6 Å². The van der Waals surface area contributed by atoms with Gasteiger partial charge in [-0.2, -0.15) is 0 Å². The zero-order valence-corrected chi connectivity index (χ0v) is 21.6. The van der Waals surface area contributed by atoms with Crippen LogP contribution >= 0.6 is 11.8 Å². The van der Waals surface area contributed by atoms with E-state index in [1.807, 2.05) is 52.4 Å². The highest BCUT2D eigenvalue weighted by molar-refractivity contribution is 7.98. The van der Waals surface area contributed by atoms with E-state index in [-0.39, 0.29) is 17.7 Å². The Balaban J connectivity index is 1.24. The fourth-order valence-electron chi connectivity index (χ4n) is 5.01. The van der Waals surface area contributed by atoms with Gasteiger partial charge < -0.3 is 4.90 Å². The minimum Gasteiger partial charge on any atom is -0.311 e. The number of nitrogens with zero attached hydrogens (tertiary/aromatic N) is 3.